The molecule has 1 aliphatic heterocycles. The average Bonchev–Trinajstić information content (AvgIpc) is 3.11. The fourth-order valence-electron chi connectivity index (χ4n) is 2.52. The molecule has 1 aliphatic carbocycles. The van der Waals surface area contributed by atoms with Gasteiger partial charge in [0.15, 0.2) is 0 Å². The third-order valence-electron chi connectivity index (χ3n) is 4.23. The van der Waals surface area contributed by atoms with Gasteiger partial charge in [-0.3, -0.25) is 0 Å². The predicted octanol–water partition coefficient (Wildman–Crippen LogP) is 1.44. The van der Waals surface area contributed by atoms with Crippen LogP contribution in [0.25, 0.3) is 0 Å². The second-order valence-corrected chi connectivity index (χ2v) is 5.75. The molecule has 18 heavy (non-hydrogen) atoms. The zero-order chi connectivity index (χ0) is 12.8. The highest BCUT2D eigenvalue weighted by Crippen LogP contribution is 2.36. The maximum Gasteiger partial charge on any atom is 0.0638 e. The lowest BCUT2D eigenvalue weighted by Crippen LogP contribution is -2.44. The molecule has 1 saturated carbocycles. The normalized spacial score (nSPS) is 32.0. The molecule has 0 aromatic carbocycles. The third kappa shape index (κ3) is 3.92. The topological polar surface area (TPSA) is 39.7 Å². The summed E-state index contributed by atoms with van der Waals surface area (Å²) in [6.45, 7) is 7.41. The first-order chi connectivity index (χ1) is 8.77. The first-order valence-corrected chi connectivity index (χ1v) is 7.16. The smallest absolute Gasteiger partial charge is 0.0638 e. The van der Waals surface area contributed by atoms with Crippen molar-refractivity contribution in [1.29, 1.82) is 0 Å². The van der Waals surface area contributed by atoms with Crippen molar-refractivity contribution in [2.24, 2.45) is 11.3 Å². The van der Waals surface area contributed by atoms with Crippen molar-refractivity contribution >= 4 is 0 Å². The number of methoxy groups -OCH3 is 1. The van der Waals surface area contributed by atoms with Crippen molar-refractivity contribution in [2.75, 3.05) is 46.6 Å². The summed E-state index contributed by atoms with van der Waals surface area (Å²) >= 11 is 0. The van der Waals surface area contributed by atoms with Crippen molar-refractivity contribution in [3.8, 4) is 0 Å². The van der Waals surface area contributed by atoms with E-state index < -0.39 is 0 Å². The Kier molecular flexibility index (Phi) is 5.42. The third-order valence-corrected chi connectivity index (χ3v) is 4.23. The van der Waals surface area contributed by atoms with Crippen molar-refractivity contribution < 1.29 is 14.2 Å². The molecule has 0 spiro atoms. The van der Waals surface area contributed by atoms with Gasteiger partial charge in [0.1, 0.15) is 0 Å². The minimum Gasteiger partial charge on any atom is -0.383 e. The number of hydrogen-bond acceptors (Lipinski definition) is 4. The molecule has 4 nitrogen and oxygen atoms in total. The molecule has 2 fully saturated rings. The molecule has 2 rings (SSSR count). The Labute approximate surface area is 110 Å². The molecule has 0 aromatic heterocycles. The Morgan fingerprint density at radius 2 is 2.22 bits per heavy atom. The van der Waals surface area contributed by atoms with Crippen molar-refractivity contribution in [3.05, 3.63) is 0 Å². The summed E-state index contributed by atoms with van der Waals surface area (Å²) in [5, 5.41) is 3.47. The van der Waals surface area contributed by atoms with Gasteiger partial charge in [-0.25, -0.2) is 0 Å². The minimum atomic E-state index is 0.155. The zero-order valence-electron chi connectivity index (χ0n) is 11.7. The van der Waals surface area contributed by atoms with Crippen LogP contribution in [-0.4, -0.2) is 52.7 Å². The van der Waals surface area contributed by atoms with Crippen molar-refractivity contribution in [3.63, 3.8) is 0 Å². The highest BCUT2D eigenvalue weighted by atomic mass is 16.5. The molecule has 0 amide bonds. The first kappa shape index (κ1) is 14.3. The second kappa shape index (κ2) is 6.85. The van der Waals surface area contributed by atoms with Gasteiger partial charge in [-0.05, 0) is 32.1 Å². The predicted molar refractivity (Wildman–Crippen MR) is 70.8 cm³/mol. The van der Waals surface area contributed by atoms with Gasteiger partial charge in [0.2, 0.25) is 0 Å². The monoisotopic (exact) mass is 257 g/mol. The quantitative estimate of drug-likeness (QED) is 0.635. The van der Waals surface area contributed by atoms with Crippen LogP contribution in [0.15, 0.2) is 0 Å². The highest BCUT2D eigenvalue weighted by molar-refractivity contribution is 4.91. The van der Waals surface area contributed by atoms with E-state index in [2.05, 4.69) is 12.2 Å². The van der Waals surface area contributed by atoms with Crippen LogP contribution in [0.5, 0.6) is 0 Å². The molecule has 2 aliphatic rings. The number of ether oxygens (including phenoxy) is 3. The molecule has 1 N–H and O–H groups in total. The van der Waals surface area contributed by atoms with Crippen LogP contribution in [-0.2, 0) is 14.2 Å². The maximum atomic E-state index is 5.92. The summed E-state index contributed by atoms with van der Waals surface area (Å²) in [7, 11) is 1.73. The van der Waals surface area contributed by atoms with E-state index in [1.54, 1.807) is 7.11 Å². The number of hydrogen-bond donors (Lipinski definition) is 1. The Morgan fingerprint density at radius 1 is 1.39 bits per heavy atom. The van der Waals surface area contributed by atoms with Crippen LogP contribution in [0.2, 0.25) is 0 Å². The Hall–Kier alpha value is -0.160. The fraction of sp³-hybridized carbons (Fsp3) is 1.00. The highest BCUT2D eigenvalue weighted by Gasteiger charge is 2.41. The molecular weight excluding hydrogens is 230 g/mol. The van der Waals surface area contributed by atoms with E-state index in [0.717, 1.165) is 51.9 Å². The van der Waals surface area contributed by atoms with E-state index in [-0.39, 0.29) is 11.5 Å². The van der Waals surface area contributed by atoms with Crippen molar-refractivity contribution in [2.45, 2.75) is 32.3 Å². The van der Waals surface area contributed by atoms with Gasteiger partial charge in [-0.15, -0.1) is 0 Å². The summed E-state index contributed by atoms with van der Waals surface area (Å²) in [6.07, 6.45) is 4.08. The van der Waals surface area contributed by atoms with Crippen molar-refractivity contribution in [1.82, 2.24) is 5.32 Å². The SMILES string of the molecule is COCCNCC1(COCC2CC2)CCOC1C. The van der Waals surface area contributed by atoms with E-state index in [1.807, 2.05) is 0 Å². The summed E-state index contributed by atoms with van der Waals surface area (Å²) < 4.78 is 16.7. The first-order valence-electron chi connectivity index (χ1n) is 7.16. The molecule has 0 bridgehead atoms. The lowest BCUT2D eigenvalue weighted by atomic mass is 9.82. The molecule has 1 heterocycles. The molecule has 4 heteroatoms. The average molecular weight is 257 g/mol. The van der Waals surface area contributed by atoms with Gasteiger partial charge in [-0.2, -0.15) is 0 Å². The van der Waals surface area contributed by atoms with Crippen LogP contribution in [0, 0.1) is 11.3 Å². The summed E-state index contributed by atoms with van der Waals surface area (Å²) in [6, 6.07) is 0. The Bertz CT molecular complexity index is 245. The van der Waals surface area contributed by atoms with Gasteiger partial charge < -0.3 is 19.5 Å². The van der Waals surface area contributed by atoms with E-state index >= 15 is 0 Å². The van der Waals surface area contributed by atoms with E-state index in [9.17, 15) is 0 Å². The largest absolute Gasteiger partial charge is 0.383 e. The summed E-state index contributed by atoms with van der Waals surface area (Å²) in [4.78, 5) is 0. The van der Waals surface area contributed by atoms with Gasteiger partial charge in [0.05, 0.1) is 19.3 Å². The van der Waals surface area contributed by atoms with Crippen LogP contribution in [0.3, 0.4) is 0 Å². The molecular formula is C14H27NO3. The maximum absolute atomic E-state index is 5.92. The number of rotatable bonds is 9. The minimum absolute atomic E-state index is 0.155. The molecule has 2 unspecified atom stereocenters. The molecule has 0 radical (unpaired) electrons. The second-order valence-electron chi connectivity index (χ2n) is 5.75. The van der Waals surface area contributed by atoms with Crippen LogP contribution >= 0.6 is 0 Å². The Balaban J connectivity index is 1.74. The van der Waals surface area contributed by atoms with Gasteiger partial charge in [0.25, 0.3) is 0 Å². The lowest BCUT2D eigenvalue weighted by Gasteiger charge is -2.32. The number of nitrogens with one attached hydrogen (secondary N) is 1. The van der Waals surface area contributed by atoms with E-state index in [0.29, 0.717) is 0 Å². The molecule has 1 saturated heterocycles. The van der Waals surface area contributed by atoms with Gasteiger partial charge in [0, 0.05) is 38.8 Å². The molecule has 106 valence electrons. The lowest BCUT2D eigenvalue weighted by molar-refractivity contribution is -0.00956. The molecule has 0 aromatic rings. The van der Waals surface area contributed by atoms with E-state index in [1.165, 1.54) is 12.8 Å². The molecule has 2 atom stereocenters. The summed E-state index contributed by atoms with van der Waals surface area (Å²) in [5.74, 6) is 0.834. The van der Waals surface area contributed by atoms with Gasteiger partial charge >= 0.3 is 0 Å². The zero-order valence-corrected chi connectivity index (χ0v) is 11.7. The summed E-state index contributed by atoms with van der Waals surface area (Å²) in [5.41, 5.74) is 0.155. The Morgan fingerprint density at radius 3 is 2.83 bits per heavy atom. The van der Waals surface area contributed by atoms with Crippen LogP contribution in [0.1, 0.15) is 26.2 Å². The van der Waals surface area contributed by atoms with Gasteiger partial charge in [-0.1, -0.05) is 0 Å². The standard InChI is InChI=1S/C14H27NO3/c1-12-14(5-7-18-12,10-15-6-8-16-2)11-17-9-13-3-4-13/h12-13,15H,3-11H2,1-2H3. The van der Waals surface area contributed by atoms with Crippen LogP contribution in [0.4, 0.5) is 0 Å². The van der Waals surface area contributed by atoms with Crippen LogP contribution < -0.4 is 5.32 Å². The fourth-order valence-corrected chi connectivity index (χ4v) is 2.52. The van der Waals surface area contributed by atoms with E-state index in [4.69, 9.17) is 14.2 Å².